The molecule has 118 valence electrons. The zero-order chi connectivity index (χ0) is 16.1. The molecule has 0 spiro atoms. The summed E-state index contributed by atoms with van der Waals surface area (Å²) in [5, 5.41) is 9.26. The van der Waals surface area contributed by atoms with Crippen molar-refractivity contribution in [2.75, 3.05) is 19.7 Å². The Hall–Kier alpha value is -2.66. The van der Waals surface area contributed by atoms with Gasteiger partial charge in [-0.1, -0.05) is 30.3 Å². The van der Waals surface area contributed by atoms with Crippen LogP contribution in [0.25, 0.3) is 5.65 Å². The Morgan fingerprint density at radius 1 is 1.13 bits per heavy atom. The van der Waals surface area contributed by atoms with Crippen molar-refractivity contribution in [1.82, 2.24) is 14.3 Å². The van der Waals surface area contributed by atoms with Gasteiger partial charge in [0.2, 0.25) is 0 Å². The lowest BCUT2D eigenvalue weighted by Crippen LogP contribution is -2.35. The topological polar surface area (TPSA) is 57.8 Å². The highest BCUT2D eigenvalue weighted by Gasteiger charge is 2.16. The number of hydrogen-bond donors (Lipinski definition) is 1. The van der Waals surface area contributed by atoms with E-state index in [0.29, 0.717) is 18.7 Å². The number of aliphatic hydroxyl groups excluding tert-OH is 1. The van der Waals surface area contributed by atoms with Crippen LogP contribution in [0.2, 0.25) is 0 Å². The number of rotatable bonds is 6. The molecule has 3 rings (SSSR count). The fourth-order valence-electron chi connectivity index (χ4n) is 2.57. The van der Waals surface area contributed by atoms with Gasteiger partial charge in [-0.05, 0) is 24.1 Å². The Labute approximate surface area is 134 Å². The van der Waals surface area contributed by atoms with Crippen molar-refractivity contribution in [2.45, 2.75) is 6.42 Å². The zero-order valence-electron chi connectivity index (χ0n) is 12.8. The number of amides is 1. The number of carbonyl (C=O) groups is 1. The molecule has 1 N–H and O–H groups in total. The van der Waals surface area contributed by atoms with E-state index in [1.807, 2.05) is 47.1 Å². The summed E-state index contributed by atoms with van der Waals surface area (Å²) in [5.41, 5.74) is 2.50. The molecule has 5 nitrogen and oxygen atoms in total. The molecule has 2 aromatic heterocycles. The van der Waals surface area contributed by atoms with E-state index in [1.54, 1.807) is 23.2 Å². The Kier molecular flexibility index (Phi) is 4.68. The summed E-state index contributed by atoms with van der Waals surface area (Å²) in [7, 11) is 0. The molecule has 23 heavy (non-hydrogen) atoms. The summed E-state index contributed by atoms with van der Waals surface area (Å²) in [6.45, 7) is 0.848. The molecule has 0 saturated heterocycles. The Balaban J connectivity index is 1.74. The summed E-state index contributed by atoms with van der Waals surface area (Å²) in [5.74, 6) is -0.0829. The summed E-state index contributed by atoms with van der Waals surface area (Å²) in [6, 6.07) is 13.6. The number of aliphatic hydroxyl groups is 1. The first kappa shape index (κ1) is 15.2. The highest BCUT2D eigenvalue weighted by atomic mass is 16.3. The minimum Gasteiger partial charge on any atom is -0.395 e. The van der Waals surface area contributed by atoms with E-state index in [4.69, 9.17) is 0 Å². The van der Waals surface area contributed by atoms with Crippen LogP contribution in [0, 0.1) is 0 Å². The third-order valence-corrected chi connectivity index (χ3v) is 3.82. The van der Waals surface area contributed by atoms with E-state index in [1.165, 1.54) is 5.56 Å². The maximum absolute atomic E-state index is 12.7. The molecule has 0 aliphatic heterocycles. The van der Waals surface area contributed by atoms with Gasteiger partial charge in [0, 0.05) is 37.2 Å². The lowest BCUT2D eigenvalue weighted by Gasteiger charge is -2.22. The number of carbonyl (C=O) groups excluding carboxylic acids is 1. The number of nitrogens with zero attached hydrogens (tertiary/aromatic N) is 3. The van der Waals surface area contributed by atoms with Crippen LogP contribution in [0.5, 0.6) is 0 Å². The molecule has 1 aromatic carbocycles. The van der Waals surface area contributed by atoms with Gasteiger partial charge in [0.05, 0.1) is 6.61 Å². The Bertz CT molecular complexity index is 783. The van der Waals surface area contributed by atoms with Crippen LogP contribution in [-0.4, -0.2) is 45.0 Å². The van der Waals surface area contributed by atoms with Crippen molar-refractivity contribution in [3.05, 3.63) is 72.2 Å². The highest BCUT2D eigenvalue weighted by Crippen LogP contribution is 2.10. The van der Waals surface area contributed by atoms with Crippen molar-refractivity contribution in [3.63, 3.8) is 0 Å². The molecule has 0 atom stereocenters. The van der Waals surface area contributed by atoms with E-state index in [-0.39, 0.29) is 12.5 Å². The van der Waals surface area contributed by atoms with Crippen molar-refractivity contribution < 1.29 is 9.90 Å². The monoisotopic (exact) mass is 309 g/mol. The summed E-state index contributed by atoms with van der Waals surface area (Å²) >= 11 is 0. The van der Waals surface area contributed by atoms with E-state index in [2.05, 4.69) is 4.98 Å². The number of aromatic nitrogens is 2. The third kappa shape index (κ3) is 3.57. The van der Waals surface area contributed by atoms with Crippen LogP contribution in [0.15, 0.2) is 61.1 Å². The van der Waals surface area contributed by atoms with Crippen LogP contribution in [0.1, 0.15) is 15.9 Å². The molecular weight excluding hydrogens is 290 g/mol. The van der Waals surface area contributed by atoms with Crippen molar-refractivity contribution in [1.29, 1.82) is 0 Å². The lowest BCUT2D eigenvalue weighted by molar-refractivity contribution is 0.0724. The molecule has 0 fully saturated rings. The second kappa shape index (κ2) is 7.07. The van der Waals surface area contributed by atoms with Crippen LogP contribution >= 0.6 is 0 Å². The molecule has 0 unspecified atom stereocenters. The second-order valence-electron chi connectivity index (χ2n) is 5.36. The van der Waals surface area contributed by atoms with E-state index >= 15 is 0 Å². The van der Waals surface area contributed by atoms with Gasteiger partial charge in [-0.15, -0.1) is 0 Å². The van der Waals surface area contributed by atoms with Gasteiger partial charge in [-0.3, -0.25) is 4.79 Å². The average Bonchev–Trinajstić information content (AvgIpc) is 3.06. The number of benzene rings is 1. The van der Waals surface area contributed by atoms with Crippen molar-refractivity contribution >= 4 is 11.6 Å². The first-order chi connectivity index (χ1) is 11.3. The second-order valence-corrected chi connectivity index (χ2v) is 5.36. The molecule has 3 aromatic rings. The number of pyridine rings is 1. The van der Waals surface area contributed by atoms with Crippen LogP contribution < -0.4 is 0 Å². The minimum absolute atomic E-state index is 0.0495. The Morgan fingerprint density at radius 2 is 1.96 bits per heavy atom. The normalized spacial score (nSPS) is 10.8. The number of hydrogen-bond acceptors (Lipinski definition) is 3. The van der Waals surface area contributed by atoms with Gasteiger partial charge in [-0.2, -0.15) is 0 Å². The van der Waals surface area contributed by atoms with Gasteiger partial charge in [-0.25, -0.2) is 4.98 Å². The molecule has 1 amide bonds. The smallest absolute Gasteiger partial charge is 0.254 e. The van der Waals surface area contributed by atoms with Gasteiger partial charge in [0.25, 0.3) is 5.91 Å². The number of fused-ring (bicyclic) bond motifs is 1. The molecule has 0 saturated carbocycles. The molecular formula is C18H19N3O2. The van der Waals surface area contributed by atoms with Gasteiger partial charge >= 0.3 is 0 Å². The van der Waals surface area contributed by atoms with Gasteiger partial charge in [0.15, 0.2) is 0 Å². The standard InChI is InChI=1S/C18H19N3O2/c22-13-12-21(9-6-15-4-2-1-3-5-15)18(23)16-7-10-20-11-8-19-17(20)14-16/h1-5,7-8,10-11,14,22H,6,9,12-13H2. The lowest BCUT2D eigenvalue weighted by atomic mass is 10.1. The first-order valence-corrected chi connectivity index (χ1v) is 7.65. The fraction of sp³-hybridized carbons (Fsp3) is 0.222. The zero-order valence-corrected chi connectivity index (χ0v) is 12.8. The van der Waals surface area contributed by atoms with Gasteiger partial charge < -0.3 is 14.4 Å². The Morgan fingerprint density at radius 3 is 2.74 bits per heavy atom. The molecule has 5 heteroatoms. The van der Waals surface area contributed by atoms with Crippen molar-refractivity contribution in [2.24, 2.45) is 0 Å². The largest absolute Gasteiger partial charge is 0.395 e. The SMILES string of the molecule is O=C(c1ccn2ccnc2c1)N(CCO)CCc1ccccc1. The highest BCUT2D eigenvalue weighted by molar-refractivity contribution is 5.95. The van der Waals surface area contributed by atoms with E-state index in [9.17, 15) is 9.90 Å². The van der Waals surface area contributed by atoms with E-state index < -0.39 is 0 Å². The van der Waals surface area contributed by atoms with Gasteiger partial charge in [0.1, 0.15) is 5.65 Å². The van der Waals surface area contributed by atoms with Crippen LogP contribution in [0.4, 0.5) is 0 Å². The molecule has 0 radical (unpaired) electrons. The minimum atomic E-state index is -0.0829. The predicted octanol–water partition coefficient (Wildman–Crippen LogP) is 2.01. The first-order valence-electron chi connectivity index (χ1n) is 7.65. The molecule has 0 aliphatic rings. The third-order valence-electron chi connectivity index (χ3n) is 3.82. The maximum Gasteiger partial charge on any atom is 0.254 e. The molecule has 0 bridgehead atoms. The number of imidazole rings is 1. The summed E-state index contributed by atoms with van der Waals surface area (Å²) < 4.78 is 1.86. The van der Waals surface area contributed by atoms with Crippen LogP contribution in [0.3, 0.4) is 0 Å². The summed E-state index contributed by atoms with van der Waals surface area (Å²) in [6.07, 6.45) is 6.12. The molecule has 0 aliphatic carbocycles. The van der Waals surface area contributed by atoms with E-state index in [0.717, 1.165) is 12.1 Å². The van der Waals surface area contributed by atoms with Crippen molar-refractivity contribution in [3.8, 4) is 0 Å². The maximum atomic E-state index is 12.7. The molecule has 2 heterocycles. The quantitative estimate of drug-likeness (QED) is 0.758. The fourth-order valence-corrected chi connectivity index (χ4v) is 2.57. The van der Waals surface area contributed by atoms with Crippen LogP contribution in [-0.2, 0) is 6.42 Å². The summed E-state index contributed by atoms with van der Waals surface area (Å²) in [4.78, 5) is 18.6. The average molecular weight is 309 g/mol. The predicted molar refractivity (Wildman–Crippen MR) is 88.3 cm³/mol.